The molecule has 0 aliphatic carbocycles. The number of nitrogens with zero attached hydrogens (tertiary/aromatic N) is 1. The zero-order valence-corrected chi connectivity index (χ0v) is 9.75. The highest BCUT2D eigenvalue weighted by Gasteiger charge is 2.25. The van der Waals surface area contributed by atoms with Crippen molar-refractivity contribution in [2.45, 2.75) is 24.8 Å². The van der Waals surface area contributed by atoms with E-state index >= 15 is 0 Å². The second kappa shape index (κ2) is 4.28. The van der Waals surface area contributed by atoms with E-state index in [9.17, 15) is 12.8 Å². The fourth-order valence-electron chi connectivity index (χ4n) is 1.09. The van der Waals surface area contributed by atoms with Crippen LogP contribution < -0.4 is 0 Å². The zero-order chi connectivity index (χ0) is 11.6. The van der Waals surface area contributed by atoms with Crippen LogP contribution in [0.1, 0.15) is 13.8 Å². The normalized spacial score (nSPS) is 12.4. The van der Waals surface area contributed by atoms with Crippen LogP contribution in [0.3, 0.4) is 0 Å². The molecule has 0 fully saturated rings. The highest BCUT2D eigenvalue weighted by atomic mass is 32.2. The fourth-order valence-corrected chi connectivity index (χ4v) is 2.52. The van der Waals surface area contributed by atoms with Crippen molar-refractivity contribution in [1.82, 2.24) is 4.31 Å². The first-order chi connectivity index (χ1) is 6.87. The van der Waals surface area contributed by atoms with Crippen molar-refractivity contribution in [3.05, 3.63) is 30.1 Å². The molecule has 0 unspecified atom stereocenters. The van der Waals surface area contributed by atoms with Gasteiger partial charge in [-0.05, 0) is 26.0 Å². The van der Waals surface area contributed by atoms with Gasteiger partial charge in [-0.2, -0.15) is 4.31 Å². The number of hydrogen-bond donors (Lipinski definition) is 0. The van der Waals surface area contributed by atoms with Crippen LogP contribution in [0.4, 0.5) is 4.39 Å². The van der Waals surface area contributed by atoms with Gasteiger partial charge in [0.2, 0.25) is 10.0 Å². The minimum atomic E-state index is -3.71. The molecule has 0 aliphatic rings. The van der Waals surface area contributed by atoms with E-state index in [-0.39, 0.29) is 10.9 Å². The van der Waals surface area contributed by atoms with Gasteiger partial charge in [-0.1, -0.05) is 12.1 Å². The van der Waals surface area contributed by atoms with E-state index in [2.05, 4.69) is 0 Å². The van der Waals surface area contributed by atoms with Crippen molar-refractivity contribution < 1.29 is 12.8 Å². The summed E-state index contributed by atoms with van der Waals surface area (Å²) in [4.78, 5) is -0.277. The third-order valence-electron chi connectivity index (χ3n) is 2.22. The minimum Gasteiger partial charge on any atom is -0.207 e. The van der Waals surface area contributed by atoms with E-state index in [4.69, 9.17) is 0 Å². The largest absolute Gasteiger partial charge is 0.245 e. The lowest BCUT2D eigenvalue weighted by Gasteiger charge is -2.21. The van der Waals surface area contributed by atoms with Gasteiger partial charge in [-0.3, -0.25) is 0 Å². The van der Waals surface area contributed by atoms with Gasteiger partial charge in [0.15, 0.2) is 0 Å². The Morgan fingerprint density at radius 1 is 1.27 bits per heavy atom. The van der Waals surface area contributed by atoms with Crippen LogP contribution in [0.15, 0.2) is 29.2 Å². The Balaban J connectivity index is 3.24. The molecule has 3 nitrogen and oxygen atoms in total. The summed E-state index contributed by atoms with van der Waals surface area (Å²) in [6.45, 7) is 3.47. The summed E-state index contributed by atoms with van der Waals surface area (Å²) in [6.07, 6.45) is 0. The van der Waals surface area contributed by atoms with Crippen molar-refractivity contribution >= 4 is 10.0 Å². The van der Waals surface area contributed by atoms with E-state index < -0.39 is 15.8 Å². The van der Waals surface area contributed by atoms with E-state index in [0.29, 0.717) is 0 Å². The first-order valence-electron chi connectivity index (χ1n) is 4.60. The fraction of sp³-hybridized carbons (Fsp3) is 0.400. The first kappa shape index (κ1) is 12.1. The maximum atomic E-state index is 13.3. The molecule has 0 radical (unpaired) electrons. The Hall–Kier alpha value is -0.940. The van der Waals surface area contributed by atoms with Crippen LogP contribution >= 0.6 is 0 Å². The number of benzene rings is 1. The van der Waals surface area contributed by atoms with Crippen LogP contribution in [-0.2, 0) is 10.0 Å². The molecule has 0 atom stereocenters. The van der Waals surface area contributed by atoms with Gasteiger partial charge in [-0.25, -0.2) is 12.8 Å². The minimum absolute atomic E-state index is 0.199. The molecule has 0 saturated heterocycles. The van der Waals surface area contributed by atoms with Gasteiger partial charge in [0, 0.05) is 13.1 Å². The van der Waals surface area contributed by atoms with Gasteiger partial charge < -0.3 is 0 Å². The predicted molar refractivity (Wildman–Crippen MR) is 56.5 cm³/mol. The van der Waals surface area contributed by atoms with E-state index in [1.165, 1.54) is 25.2 Å². The Kier molecular flexibility index (Phi) is 3.46. The topological polar surface area (TPSA) is 37.4 Å². The van der Waals surface area contributed by atoms with E-state index in [1.54, 1.807) is 13.8 Å². The summed E-state index contributed by atoms with van der Waals surface area (Å²) < 4.78 is 38.2. The summed E-state index contributed by atoms with van der Waals surface area (Å²) in [5, 5.41) is 0. The molecule has 0 aliphatic heterocycles. The van der Waals surface area contributed by atoms with Crippen LogP contribution in [0.2, 0.25) is 0 Å². The van der Waals surface area contributed by atoms with Crippen LogP contribution in [0.25, 0.3) is 0 Å². The lowest BCUT2D eigenvalue weighted by molar-refractivity contribution is 0.407. The summed E-state index contributed by atoms with van der Waals surface area (Å²) in [6, 6.07) is 5.17. The first-order valence-corrected chi connectivity index (χ1v) is 6.04. The van der Waals surface area contributed by atoms with Crippen LogP contribution in [-0.4, -0.2) is 25.8 Å². The molecule has 84 valence electrons. The molecule has 0 aromatic heterocycles. The average Bonchev–Trinajstić information content (AvgIpc) is 2.16. The van der Waals surface area contributed by atoms with E-state index in [1.807, 2.05) is 0 Å². The lowest BCUT2D eigenvalue weighted by Crippen LogP contribution is -2.33. The van der Waals surface area contributed by atoms with E-state index in [0.717, 1.165) is 10.4 Å². The molecule has 0 amide bonds. The standard InChI is InChI=1S/C10H14FNO2S/c1-8(2)12(3)15(13,14)10-7-5-4-6-9(10)11/h4-8H,1-3H3. The maximum absolute atomic E-state index is 13.3. The van der Waals surface area contributed by atoms with Gasteiger partial charge >= 0.3 is 0 Å². The highest BCUT2D eigenvalue weighted by molar-refractivity contribution is 7.89. The Bertz CT molecular complexity index is 442. The Labute approximate surface area is 89.6 Å². The second-order valence-electron chi connectivity index (χ2n) is 3.55. The molecule has 0 spiro atoms. The number of hydrogen-bond acceptors (Lipinski definition) is 2. The predicted octanol–water partition coefficient (Wildman–Crippen LogP) is 1.85. The molecule has 0 bridgehead atoms. The van der Waals surface area contributed by atoms with Crippen molar-refractivity contribution in [2.75, 3.05) is 7.05 Å². The maximum Gasteiger partial charge on any atom is 0.245 e. The number of rotatable bonds is 3. The highest BCUT2D eigenvalue weighted by Crippen LogP contribution is 2.19. The van der Waals surface area contributed by atoms with Crippen molar-refractivity contribution in [3.63, 3.8) is 0 Å². The number of sulfonamides is 1. The molecule has 0 heterocycles. The SMILES string of the molecule is CC(C)N(C)S(=O)(=O)c1ccccc1F. The van der Waals surface area contributed by atoms with Crippen LogP contribution in [0.5, 0.6) is 0 Å². The van der Waals surface area contributed by atoms with Crippen LogP contribution in [0, 0.1) is 5.82 Å². The second-order valence-corrected chi connectivity index (χ2v) is 5.51. The zero-order valence-electron chi connectivity index (χ0n) is 8.94. The third-order valence-corrected chi connectivity index (χ3v) is 4.29. The van der Waals surface area contributed by atoms with Crippen molar-refractivity contribution in [1.29, 1.82) is 0 Å². The summed E-state index contributed by atoms with van der Waals surface area (Å²) in [5.41, 5.74) is 0. The Morgan fingerprint density at radius 3 is 2.27 bits per heavy atom. The monoisotopic (exact) mass is 231 g/mol. The molecule has 0 saturated carbocycles. The van der Waals surface area contributed by atoms with Gasteiger partial charge in [0.25, 0.3) is 0 Å². The van der Waals surface area contributed by atoms with Crippen molar-refractivity contribution in [3.8, 4) is 0 Å². The molecular formula is C10H14FNO2S. The van der Waals surface area contributed by atoms with Gasteiger partial charge in [-0.15, -0.1) is 0 Å². The molecule has 5 heteroatoms. The lowest BCUT2D eigenvalue weighted by atomic mass is 10.3. The number of halogens is 1. The summed E-state index contributed by atoms with van der Waals surface area (Å²) >= 11 is 0. The molecule has 0 N–H and O–H groups in total. The molecule has 15 heavy (non-hydrogen) atoms. The summed E-state index contributed by atoms with van der Waals surface area (Å²) in [5.74, 6) is -0.718. The van der Waals surface area contributed by atoms with Gasteiger partial charge in [0.05, 0.1) is 0 Å². The van der Waals surface area contributed by atoms with Crippen molar-refractivity contribution in [2.24, 2.45) is 0 Å². The smallest absolute Gasteiger partial charge is 0.207 e. The molecule has 1 rings (SSSR count). The molecular weight excluding hydrogens is 217 g/mol. The summed E-state index contributed by atoms with van der Waals surface area (Å²) in [7, 11) is -2.27. The average molecular weight is 231 g/mol. The third kappa shape index (κ3) is 2.35. The quantitative estimate of drug-likeness (QED) is 0.796. The van der Waals surface area contributed by atoms with Gasteiger partial charge in [0.1, 0.15) is 10.7 Å². The Morgan fingerprint density at radius 2 is 1.80 bits per heavy atom. The molecule has 1 aromatic carbocycles. The molecule has 1 aromatic rings.